The van der Waals surface area contributed by atoms with E-state index in [1.54, 1.807) is 5.01 Å². The van der Waals surface area contributed by atoms with Crippen LogP contribution in [0.25, 0.3) is 0 Å². The van der Waals surface area contributed by atoms with Gasteiger partial charge in [0.2, 0.25) is 0 Å². The highest BCUT2D eigenvalue weighted by atomic mass is 79.9. The van der Waals surface area contributed by atoms with Gasteiger partial charge in [-0.3, -0.25) is 0 Å². The summed E-state index contributed by atoms with van der Waals surface area (Å²) in [5.41, 5.74) is 10.6. The van der Waals surface area contributed by atoms with E-state index in [9.17, 15) is 0 Å². The smallest absolute Gasteiger partial charge is 0.187 e. The number of benzene rings is 2. The normalized spacial score (nSPS) is 17.2. The van der Waals surface area contributed by atoms with Gasteiger partial charge in [-0.05, 0) is 47.5 Å². The van der Waals surface area contributed by atoms with Gasteiger partial charge in [-0.15, -0.1) is 0 Å². The summed E-state index contributed by atoms with van der Waals surface area (Å²) in [6.45, 7) is 2.16. The van der Waals surface area contributed by atoms with Crippen LogP contribution in [0.15, 0.2) is 58.1 Å². The lowest BCUT2D eigenvalue weighted by Gasteiger charge is -2.23. The van der Waals surface area contributed by atoms with Crippen molar-refractivity contribution in [3.63, 3.8) is 0 Å². The third-order valence-electron chi connectivity index (χ3n) is 4.09. The Balaban J connectivity index is 1.99. The van der Waals surface area contributed by atoms with Gasteiger partial charge < -0.3 is 5.73 Å². The lowest BCUT2D eigenvalue weighted by Crippen LogP contribution is -2.32. The molecule has 0 aromatic heterocycles. The molecule has 0 fully saturated rings. The number of nitrogens with two attached hydrogens (primary N) is 1. The standard InChI is InChI=1S/C18H18BrN3S/c1-2-12-6-3-4-9-15(12)17-11-16(21-22(17)18(20)23)13-7-5-8-14(19)10-13/h3-10,17H,2,11H2,1H3,(H2,20,23). The van der Waals surface area contributed by atoms with E-state index in [-0.39, 0.29) is 6.04 Å². The lowest BCUT2D eigenvalue weighted by molar-refractivity contribution is 0.371. The van der Waals surface area contributed by atoms with Crippen molar-refractivity contribution in [1.82, 2.24) is 5.01 Å². The van der Waals surface area contributed by atoms with E-state index in [2.05, 4.69) is 59.3 Å². The minimum absolute atomic E-state index is 0.0673. The number of nitrogens with zero attached hydrogens (tertiary/aromatic N) is 2. The fourth-order valence-corrected chi connectivity index (χ4v) is 3.55. The summed E-state index contributed by atoms with van der Waals surface area (Å²) < 4.78 is 1.04. The van der Waals surface area contributed by atoms with Gasteiger partial charge in [0.05, 0.1) is 11.8 Å². The second-order valence-corrected chi connectivity index (χ2v) is 6.85. The summed E-state index contributed by atoms with van der Waals surface area (Å²) in [4.78, 5) is 0. The summed E-state index contributed by atoms with van der Waals surface area (Å²) in [5, 5.41) is 6.78. The highest BCUT2D eigenvalue weighted by molar-refractivity contribution is 9.10. The molecule has 0 radical (unpaired) electrons. The van der Waals surface area contributed by atoms with Crippen LogP contribution in [-0.4, -0.2) is 15.8 Å². The van der Waals surface area contributed by atoms with E-state index in [1.807, 2.05) is 12.1 Å². The topological polar surface area (TPSA) is 41.6 Å². The van der Waals surface area contributed by atoms with Crippen LogP contribution in [-0.2, 0) is 6.42 Å². The van der Waals surface area contributed by atoms with Crippen LogP contribution >= 0.6 is 28.1 Å². The molecular formula is C18H18BrN3S. The number of aryl methyl sites for hydroxylation is 1. The summed E-state index contributed by atoms with van der Waals surface area (Å²) in [5.74, 6) is 0. The van der Waals surface area contributed by atoms with Crippen LogP contribution in [0.2, 0.25) is 0 Å². The molecule has 2 aromatic carbocycles. The molecule has 3 nitrogen and oxygen atoms in total. The monoisotopic (exact) mass is 387 g/mol. The summed E-state index contributed by atoms with van der Waals surface area (Å²) in [7, 11) is 0. The van der Waals surface area contributed by atoms with E-state index in [0.717, 1.165) is 28.6 Å². The Morgan fingerprint density at radius 1 is 1.30 bits per heavy atom. The van der Waals surface area contributed by atoms with Crippen molar-refractivity contribution >= 4 is 39.0 Å². The third-order valence-corrected chi connectivity index (χ3v) is 4.77. The Morgan fingerprint density at radius 3 is 2.78 bits per heavy atom. The van der Waals surface area contributed by atoms with Crippen molar-refractivity contribution in [3.8, 4) is 0 Å². The maximum absolute atomic E-state index is 5.93. The molecule has 1 aliphatic rings. The molecule has 1 aliphatic heterocycles. The van der Waals surface area contributed by atoms with Crippen molar-refractivity contribution in [2.75, 3.05) is 0 Å². The molecule has 2 aromatic rings. The first-order valence-corrected chi connectivity index (χ1v) is 8.80. The molecule has 0 bridgehead atoms. The molecule has 23 heavy (non-hydrogen) atoms. The van der Waals surface area contributed by atoms with E-state index in [0.29, 0.717) is 5.11 Å². The van der Waals surface area contributed by atoms with Crippen molar-refractivity contribution in [2.45, 2.75) is 25.8 Å². The van der Waals surface area contributed by atoms with Crippen molar-refractivity contribution in [2.24, 2.45) is 10.8 Å². The SMILES string of the molecule is CCc1ccccc1C1CC(c2cccc(Br)c2)=NN1C(N)=S. The molecule has 1 heterocycles. The number of hydrogen-bond donors (Lipinski definition) is 1. The Kier molecular flexibility index (Phi) is 4.78. The van der Waals surface area contributed by atoms with Gasteiger partial charge in [0.1, 0.15) is 0 Å². The van der Waals surface area contributed by atoms with E-state index >= 15 is 0 Å². The maximum Gasteiger partial charge on any atom is 0.187 e. The fourth-order valence-electron chi connectivity index (χ4n) is 2.98. The van der Waals surface area contributed by atoms with Gasteiger partial charge in [-0.1, -0.05) is 59.3 Å². The highest BCUT2D eigenvalue weighted by Crippen LogP contribution is 2.34. The minimum Gasteiger partial charge on any atom is -0.375 e. The van der Waals surface area contributed by atoms with Crippen LogP contribution in [0.5, 0.6) is 0 Å². The molecule has 1 unspecified atom stereocenters. The maximum atomic E-state index is 5.93. The van der Waals surface area contributed by atoms with Gasteiger partial charge >= 0.3 is 0 Å². The summed E-state index contributed by atoms with van der Waals surface area (Å²) in [6.07, 6.45) is 1.77. The predicted molar refractivity (Wildman–Crippen MR) is 102 cm³/mol. The first-order chi connectivity index (χ1) is 11.1. The fraction of sp³-hybridized carbons (Fsp3) is 0.222. The molecule has 2 N–H and O–H groups in total. The number of hydrazone groups is 1. The first kappa shape index (κ1) is 16.1. The zero-order chi connectivity index (χ0) is 16.4. The zero-order valence-electron chi connectivity index (χ0n) is 12.9. The van der Waals surface area contributed by atoms with Crippen LogP contribution in [0.1, 0.15) is 36.1 Å². The minimum atomic E-state index is 0.0673. The van der Waals surface area contributed by atoms with Gasteiger partial charge in [0.15, 0.2) is 5.11 Å². The van der Waals surface area contributed by atoms with Crippen molar-refractivity contribution in [3.05, 3.63) is 69.7 Å². The van der Waals surface area contributed by atoms with Crippen LogP contribution < -0.4 is 5.73 Å². The number of hydrogen-bond acceptors (Lipinski definition) is 2. The average Bonchev–Trinajstić information content (AvgIpc) is 3.00. The molecule has 0 saturated heterocycles. The van der Waals surface area contributed by atoms with Crippen molar-refractivity contribution in [1.29, 1.82) is 0 Å². The molecule has 3 rings (SSSR count). The quantitative estimate of drug-likeness (QED) is 0.793. The molecule has 5 heteroatoms. The molecule has 0 amide bonds. The Labute approximate surface area is 150 Å². The molecule has 0 saturated carbocycles. The molecular weight excluding hydrogens is 370 g/mol. The second-order valence-electron chi connectivity index (χ2n) is 5.51. The molecule has 0 spiro atoms. The molecule has 118 valence electrons. The van der Waals surface area contributed by atoms with Crippen LogP contribution in [0.4, 0.5) is 0 Å². The Hall–Kier alpha value is -1.72. The van der Waals surface area contributed by atoms with E-state index in [4.69, 9.17) is 23.1 Å². The number of rotatable bonds is 3. The van der Waals surface area contributed by atoms with Crippen molar-refractivity contribution < 1.29 is 0 Å². The van der Waals surface area contributed by atoms with E-state index in [1.165, 1.54) is 11.1 Å². The third kappa shape index (κ3) is 3.31. The zero-order valence-corrected chi connectivity index (χ0v) is 15.3. The summed E-state index contributed by atoms with van der Waals surface area (Å²) in [6, 6.07) is 16.7. The average molecular weight is 388 g/mol. The Bertz CT molecular complexity index is 772. The predicted octanol–water partition coefficient (Wildman–Crippen LogP) is 4.41. The van der Waals surface area contributed by atoms with Gasteiger partial charge in [-0.2, -0.15) is 5.10 Å². The second kappa shape index (κ2) is 6.81. The largest absolute Gasteiger partial charge is 0.375 e. The van der Waals surface area contributed by atoms with Gasteiger partial charge in [-0.25, -0.2) is 5.01 Å². The number of halogens is 1. The summed E-state index contributed by atoms with van der Waals surface area (Å²) >= 11 is 8.74. The lowest BCUT2D eigenvalue weighted by atomic mass is 9.94. The van der Waals surface area contributed by atoms with Crippen LogP contribution in [0.3, 0.4) is 0 Å². The molecule has 1 atom stereocenters. The van der Waals surface area contributed by atoms with E-state index < -0.39 is 0 Å². The van der Waals surface area contributed by atoms with Gasteiger partial charge in [0.25, 0.3) is 0 Å². The molecule has 0 aliphatic carbocycles. The Morgan fingerprint density at radius 2 is 2.09 bits per heavy atom. The van der Waals surface area contributed by atoms with Crippen LogP contribution in [0, 0.1) is 0 Å². The van der Waals surface area contributed by atoms with Gasteiger partial charge in [0, 0.05) is 10.9 Å². The first-order valence-electron chi connectivity index (χ1n) is 7.60. The number of thiocarbonyl (C=S) groups is 1. The highest BCUT2D eigenvalue weighted by Gasteiger charge is 2.31.